The van der Waals surface area contributed by atoms with Gasteiger partial charge >= 0.3 is 0 Å². The standard InChI is InChI=1S/C15H24ClN5S/c1-17-15(19(2)11-13-3-4-14(16)22-13)18-9-12-10-20-5-7-21(12)8-6-20/h3-4,12H,5-11H2,1-2H3,(H,17,18). The molecule has 22 heavy (non-hydrogen) atoms. The summed E-state index contributed by atoms with van der Waals surface area (Å²) in [6.07, 6.45) is 0. The number of thiophene rings is 1. The van der Waals surface area contributed by atoms with Gasteiger partial charge in [0.25, 0.3) is 0 Å². The van der Waals surface area contributed by atoms with E-state index in [1.54, 1.807) is 11.3 Å². The van der Waals surface area contributed by atoms with E-state index in [9.17, 15) is 0 Å². The minimum Gasteiger partial charge on any atom is -0.355 e. The SMILES string of the molecule is CN=C(NCC1CN2CCN1CC2)N(C)Cc1ccc(Cl)s1. The minimum atomic E-state index is 0.601. The highest BCUT2D eigenvalue weighted by molar-refractivity contribution is 7.16. The van der Waals surface area contributed by atoms with Crippen molar-refractivity contribution in [2.45, 2.75) is 12.6 Å². The Kier molecular flexibility index (Phi) is 5.23. The van der Waals surface area contributed by atoms with Gasteiger partial charge in [0, 0.05) is 64.3 Å². The van der Waals surface area contributed by atoms with Crippen LogP contribution in [-0.4, -0.2) is 80.1 Å². The van der Waals surface area contributed by atoms with Crippen molar-refractivity contribution in [3.8, 4) is 0 Å². The van der Waals surface area contributed by atoms with E-state index in [-0.39, 0.29) is 0 Å². The number of rotatable bonds is 4. The Morgan fingerprint density at radius 3 is 2.73 bits per heavy atom. The van der Waals surface area contributed by atoms with Crippen molar-refractivity contribution in [3.63, 3.8) is 0 Å². The summed E-state index contributed by atoms with van der Waals surface area (Å²) in [4.78, 5) is 13.0. The number of nitrogens with zero attached hydrogens (tertiary/aromatic N) is 4. The van der Waals surface area contributed by atoms with Gasteiger partial charge in [0.15, 0.2) is 5.96 Å². The topological polar surface area (TPSA) is 34.1 Å². The first-order valence-corrected chi connectivity index (χ1v) is 8.97. The average molecular weight is 342 g/mol. The Balaban J connectivity index is 1.51. The molecule has 3 saturated heterocycles. The molecule has 0 spiro atoms. The zero-order valence-corrected chi connectivity index (χ0v) is 14.8. The lowest BCUT2D eigenvalue weighted by Gasteiger charge is -2.47. The molecule has 1 aromatic heterocycles. The summed E-state index contributed by atoms with van der Waals surface area (Å²) in [7, 11) is 3.91. The molecule has 3 aliphatic rings. The molecule has 1 atom stereocenters. The van der Waals surface area contributed by atoms with E-state index in [2.05, 4.69) is 38.1 Å². The number of fused-ring (bicyclic) bond motifs is 3. The fourth-order valence-electron chi connectivity index (χ4n) is 3.26. The second-order valence-electron chi connectivity index (χ2n) is 5.98. The summed E-state index contributed by atoms with van der Waals surface area (Å²) in [6.45, 7) is 7.82. The quantitative estimate of drug-likeness (QED) is 0.663. The van der Waals surface area contributed by atoms with Crippen LogP contribution >= 0.6 is 22.9 Å². The molecule has 0 radical (unpaired) electrons. The molecule has 1 N–H and O–H groups in total. The fraction of sp³-hybridized carbons (Fsp3) is 0.667. The lowest BCUT2D eigenvalue weighted by molar-refractivity contribution is 0.0152. The summed E-state index contributed by atoms with van der Waals surface area (Å²) < 4.78 is 0.839. The van der Waals surface area contributed by atoms with Crippen molar-refractivity contribution >= 4 is 28.9 Å². The van der Waals surface area contributed by atoms with Crippen LogP contribution in [0.25, 0.3) is 0 Å². The second kappa shape index (κ2) is 7.17. The molecule has 1 aromatic rings. The number of aliphatic imine (C=N–C) groups is 1. The van der Waals surface area contributed by atoms with Crippen molar-refractivity contribution in [1.82, 2.24) is 20.0 Å². The van der Waals surface area contributed by atoms with Crippen molar-refractivity contribution in [3.05, 3.63) is 21.3 Å². The molecule has 0 aliphatic carbocycles. The third-order valence-corrected chi connectivity index (χ3v) is 5.70. The Morgan fingerprint density at radius 1 is 1.41 bits per heavy atom. The zero-order valence-electron chi connectivity index (χ0n) is 13.3. The number of halogens is 1. The number of guanidine groups is 1. The predicted molar refractivity (Wildman–Crippen MR) is 94.0 cm³/mol. The Hall–Kier alpha value is -0.820. The van der Waals surface area contributed by atoms with Crippen LogP contribution in [0.2, 0.25) is 4.34 Å². The molecule has 0 saturated carbocycles. The number of piperazine rings is 3. The molecule has 5 nitrogen and oxygen atoms in total. The summed E-state index contributed by atoms with van der Waals surface area (Å²) in [5.74, 6) is 0.946. The van der Waals surface area contributed by atoms with Gasteiger partial charge in [0.05, 0.1) is 10.9 Å². The molecule has 2 bridgehead atoms. The monoisotopic (exact) mass is 341 g/mol. The molecule has 3 aliphatic heterocycles. The maximum absolute atomic E-state index is 6.00. The van der Waals surface area contributed by atoms with Crippen LogP contribution in [0.5, 0.6) is 0 Å². The maximum Gasteiger partial charge on any atom is 0.193 e. The first-order chi connectivity index (χ1) is 10.7. The summed E-state index contributed by atoms with van der Waals surface area (Å²) >= 11 is 7.63. The normalized spacial score (nSPS) is 28.0. The summed E-state index contributed by atoms with van der Waals surface area (Å²) in [5, 5.41) is 3.53. The number of hydrogen-bond donors (Lipinski definition) is 1. The van der Waals surface area contributed by atoms with Crippen LogP contribution < -0.4 is 5.32 Å². The van der Waals surface area contributed by atoms with Crippen LogP contribution in [0.4, 0.5) is 0 Å². The fourth-order valence-corrected chi connectivity index (χ4v) is 4.40. The highest BCUT2D eigenvalue weighted by atomic mass is 35.5. The molecule has 1 unspecified atom stereocenters. The zero-order chi connectivity index (χ0) is 15.5. The smallest absolute Gasteiger partial charge is 0.193 e. The third-order valence-electron chi connectivity index (χ3n) is 4.48. The van der Waals surface area contributed by atoms with Gasteiger partial charge in [-0.05, 0) is 12.1 Å². The number of hydrogen-bond acceptors (Lipinski definition) is 4. The van der Waals surface area contributed by atoms with E-state index in [1.807, 2.05) is 13.1 Å². The van der Waals surface area contributed by atoms with E-state index in [0.29, 0.717) is 6.04 Å². The molecule has 0 amide bonds. The van der Waals surface area contributed by atoms with Crippen molar-refractivity contribution in [1.29, 1.82) is 0 Å². The van der Waals surface area contributed by atoms with Gasteiger partial charge in [-0.3, -0.25) is 14.8 Å². The van der Waals surface area contributed by atoms with Crippen LogP contribution in [-0.2, 0) is 6.54 Å². The van der Waals surface area contributed by atoms with Gasteiger partial charge in [-0.2, -0.15) is 0 Å². The van der Waals surface area contributed by atoms with E-state index in [1.165, 1.54) is 37.6 Å². The first kappa shape index (κ1) is 16.1. The Morgan fingerprint density at radius 2 is 2.18 bits per heavy atom. The molecule has 3 fully saturated rings. The Bertz CT molecular complexity index is 524. The minimum absolute atomic E-state index is 0.601. The van der Waals surface area contributed by atoms with Crippen molar-refractivity contribution in [2.75, 3.05) is 53.4 Å². The molecule has 122 valence electrons. The van der Waals surface area contributed by atoms with Gasteiger partial charge < -0.3 is 10.2 Å². The largest absolute Gasteiger partial charge is 0.355 e. The lowest BCUT2D eigenvalue weighted by atomic mass is 10.1. The highest BCUT2D eigenvalue weighted by Gasteiger charge is 2.31. The molecular formula is C15H24ClN5S. The average Bonchev–Trinajstić information content (AvgIpc) is 2.94. The summed E-state index contributed by atoms with van der Waals surface area (Å²) in [5.41, 5.74) is 0. The van der Waals surface area contributed by atoms with Crippen LogP contribution in [0, 0.1) is 0 Å². The second-order valence-corrected chi connectivity index (χ2v) is 7.78. The van der Waals surface area contributed by atoms with Gasteiger partial charge in [-0.15, -0.1) is 11.3 Å². The van der Waals surface area contributed by atoms with Crippen molar-refractivity contribution in [2.24, 2.45) is 4.99 Å². The van der Waals surface area contributed by atoms with E-state index < -0.39 is 0 Å². The molecule has 7 heteroatoms. The van der Waals surface area contributed by atoms with Crippen LogP contribution in [0.1, 0.15) is 4.88 Å². The maximum atomic E-state index is 6.00. The van der Waals surface area contributed by atoms with E-state index in [0.717, 1.165) is 23.4 Å². The van der Waals surface area contributed by atoms with Crippen LogP contribution in [0.3, 0.4) is 0 Å². The highest BCUT2D eigenvalue weighted by Crippen LogP contribution is 2.22. The van der Waals surface area contributed by atoms with Gasteiger partial charge in [0.1, 0.15) is 0 Å². The van der Waals surface area contributed by atoms with Gasteiger partial charge in [-0.25, -0.2) is 0 Å². The predicted octanol–water partition coefficient (Wildman–Crippen LogP) is 1.41. The van der Waals surface area contributed by atoms with E-state index >= 15 is 0 Å². The molecular weight excluding hydrogens is 318 g/mol. The van der Waals surface area contributed by atoms with E-state index in [4.69, 9.17) is 11.6 Å². The number of nitrogens with one attached hydrogen (secondary N) is 1. The van der Waals surface area contributed by atoms with Gasteiger partial charge in [-0.1, -0.05) is 11.6 Å². The third kappa shape index (κ3) is 3.74. The molecule has 4 rings (SSSR count). The van der Waals surface area contributed by atoms with Gasteiger partial charge in [0.2, 0.25) is 0 Å². The molecule has 4 heterocycles. The lowest BCUT2D eigenvalue weighted by Crippen LogP contribution is -2.63. The summed E-state index contributed by atoms with van der Waals surface area (Å²) in [6, 6.07) is 4.63. The molecule has 0 aromatic carbocycles. The Labute approximate surface area is 141 Å². The van der Waals surface area contributed by atoms with Crippen LogP contribution in [0.15, 0.2) is 17.1 Å². The van der Waals surface area contributed by atoms with Crippen molar-refractivity contribution < 1.29 is 0 Å². The first-order valence-electron chi connectivity index (χ1n) is 7.78.